The van der Waals surface area contributed by atoms with Gasteiger partial charge < -0.3 is 20.1 Å². The first-order valence-electron chi connectivity index (χ1n) is 14.4. The summed E-state index contributed by atoms with van der Waals surface area (Å²) in [5.74, 6) is 0.835. The van der Waals surface area contributed by atoms with Crippen molar-refractivity contribution in [2.75, 3.05) is 17.3 Å². The van der Waals surface area contributed by atoms with Gasteiger partial charge in [-0.1, -0.05) is 103 Å². The summed E-state index contributed by atoms with van der Waals surface area (Å²) in [5, 5.41) is 15.9. The molecule has 0 aliphatic carbocycles. The number of hydrogen-bond donors (Lipinski definition) is 2. The fourth-order valence-electron chi connectivity index (χ4n) is 5.26. The van der Waals surface area contributed by atoms with Crippen LogP contribution in [0, 0.1) is 0 Å². The summed E-state index contributed by atoms with van der Waals surface area (Å²) >= 11 is 1.69. The Morgan fingerprint density at radius 1 is 0.698 bits per heavy atom. The van der Waals surface area contributed by atoms with Gasteiger partial charge in [0.2, 0.25) is 0 Å². The molecule has 6 rings (SSSR count). The van der Waals surface area contributed by atoms with Gasteiger partial charge in [-0.25, -0.2) is 0 Å². The van der Waals surface area contributed by atoms with Crippen LogP contribution in [0.15, 0.2) is 149 Å². The van der Waals surface area contributed by atoms with Crippen molar-refractivity contribution in [3.05, 3.63) is 156 Å². The first kappa shape index (κ1) is 28.4. The van der Waals surface area contributed by atoms with Crippen LogP contribution in [0.25, 0.3) is 10.8 Å². The molecule has 43 heavy (non-hydrogen) atoms. The average Bonchev–Trinajstić information content (AvgIpc) is 3.07. The van der Waals surface area contributed by atoms with E-state index in [0.717, 1.165) is 39.8 Å². The molecule has 0 fully saturated rings. The Morgan fingerprint density at radius 2 is 1.35 bits per heavy atom. The minimum atomic E-state index is 0.0249. The van der Waals surface area contributed by atoms with Gasteiger partial charge in [0.05, 0.1) is 19.4 Å². The summed E-state index contributed by atoms with van der Waals surface area (Å²) in [6.45, 7) is 1.42. The molecular formula is C38H34N2O2S. The summed E-state index contributed by atoms with van der Waals surface area (Å²) < 4.78 is 5.45. The molecule has 0 atom stereocenters. The summed E-state index contributed by atoms with van der Waals surface area (Å²) in [6, 6.07) is 48.4. The maximum Gasteiger partial charge on any atom is 0.119 e. The third-order valence-electron chi connectivity index (χ3n) is 7.52. The van der Waals surface area contributed by atoms with Crippen molar-refractivity contribution in [1.82, 2.24) is 0 Å². The first-order valence-corrected chi connectivity index (χ1v) is 15.2. The molecule has 6 aromatic rings. The zero-order chi connectivity index (χ0) is 29.4. The third-order valence-corrected chi connectivity index (χ3v) is 8.75. The fraction of sp³-hybridized carbons (Fsp3) is 0.105. The number of rotatable bonds is 11. The lowest BCUT2D eigenvalue weighted by atomic mass is 10.0. The van der Waals surface area contributed by atoms with Crippen LogP contribution in [0.5, 0.6) is 5.75 Å². The molecule has 0 saturated carbocycles. The summed E-state index contributed by atoms with van der Waals surface area (Å²) in [4.78, 5) is 4.61. The van der Waals surface area contributed by atoms with Gasteiger partial charge in [-0.05, 0) is 70.6 Å². The lowest BCUT2D eigenvalue weighted by molar-refractivity contribution is 0.279. The molecule has 0 unspecified atom stereocenters. The quantitative estimate of drug-likeness (QED) is 0.159. The highest BCUT2D eigenvalue weighted by Gasteiger charge is 2.16. The second-order valence-electron chi connectivity index (χ2n) is 10.3. The highest BCUT2D eigenvalue weighted by molar-refractivity contribution is 7.99. The third kappa shape index (κ3) is 6.69. The van der Waals surface area contributed by atoms with E-state index in [1.165, 1.54) is 26.8 Å². The Labute approximate surface area is 257 Å². The number of anilines is 3. The molecule has 0 aliphatic heterocycles. The Kier molecular flexibility index (Phi) is 8.93. The van der Waals surface area contributed by atoms with Crippen LogP contribution in [0.4, 0.5) is 17.1 Å². The van der Waals surface area contributed by atoms with Gasteiger partial charge in [-0.15, -0.1) is 0 Å². The van der Waals surface area contributed by atoms with Gasteiger partial charge in [0, 0.05) is 39.6 Å². The van der Waals surface area contributed by atoms with Gasteiger partial charge in [0.25, 0.3) is 0 Å². The van der Waals surface area contributed by atoms with E-state index < -0.39 is 0 Å². The van der Waals surface area contributed by atoms with Crippen molar-refractivity contribution >= 4 is 39.6 Å². The topological polar surface area (TPSA) is 44.7 Å². The van der Waals surface area contributed by atoms with Gasteiger partial charge in [0.15, 0.2) is 0 Å². The maximum absolute atomic E-state index is 9.84. The predicted molar refractivity (Wildman–Crippen MR) is 179 cm³/mol. The van der Waals surface area contributed by atoms with Crippen molar-refractivity contribution < 1.29 is 9.84 Å². The lowest BCUT2D eigenvalue weighted by Gasteiger charge is -2.28. The Morgan fingerprint density at radius 3 is 2.09 bits per heavy atom. The van der Waals surface area contributed by atoms with Crippen LogP contribution < -0.4 is 15.0 Å². The van der Waals surface area contributed by atoms with E-state index in [4.69, 9.17) is 4.74 Å². The van der Waals surface area contributed by atoms with Gasteiger partial charge >= 0.3 is 0 Å². The van der Waals surface area contributed by atoms with Crippen LogP contribution in [0.2, 0.25) is 0 Å². The number of nitrogens with one attached hydrogen (secondary N) is 1. The molecule has 0 aliphatic rings. The molecule has 214 valence electrons. The number of hydrogen-bond acceptors (Lipinski definition) is 5. The summed E-state index contributed by atoms with van der Waals surface area (Å²) in [6.07, 6.45) is 0. The second kappa shape index (κ2) is 13.5. The molecule has 6 aromatic carbocycles. The van der Waals surface area contributed by atoms with Gasteiger partial charge in [0.1, 0.15) is 5.75 Å². The van der Waals surface area contributed by atoms with E-state index in [0.29, 0.717) is 6.54 Å². The molecule has 0 aromatic heterocycles. The number of aliphatic hydroxyl groups is 1. The monoisotopic (exact) mass is 582 g/mol. The fourth-order valence-corrected chi connectivity index (χ4v) is 6.32. The molecule has 5 heteroatoms. The van der Waals surface area contributed by atoms with Gasteiger partial charge in [-0.2, -0.15) is 0 Å². The van der Waals surface area contributed by atoms with Crippen molar-refractivity contribution in [3.63, 3.8) is 0 Å². The number of fused-ring (bicyclic) bond motifs is 1. The number of aliphatic hydroxyl groups excluding tert-OH is 1. The van der Waals surface area contributed by atoms with E-state index in [1.54, 1.807) is 18.9 Å². The van der Waals surface area contributed by atoms with Crippen LogP contribution in [0.3, 0.4) is 0 Å². The molecule has 4 nitrogen and oxygen atoms in total. The largest absolute Gasteiger partial charge is 0.497 e. The van der Waals surface area contributed by atoms with E-state index in [9.17, 15) is 5.11 Å². The molecule has 0 radical (unpaired) electrons. The zero-order valence-electron chi connectivity index (χ0n) is 24.1. The minimum absolute atomic E-state index is 0.0249. The second-order valence-corrected chi connectivity index (χ2v) is 11.4. The highest BCUT2D eigenvalue weighted by atomic mass is 32.2. The molecule has 0 amide bonds. The maximum atomic E-state index is 9.84. The number of methoxy groups -OCH3 is 1. The number of nitrogens with zero attached hydrogens (tertiary/aromatic N) is 1. The van der Waals surface area contributed by atoms with E-state index in [1.807, 2.05) is 30.3 Å². The van der Waals surface area contributed by atoms with Crippen molar-refractivity contribution in [3.8, 4) is 5.75 Å². The molecule has 0 bridgehead atoms. The number of benzene rings is 6. The molecular weight excluding hydrogens is 548 g/mol. The SMILES string of the molecule is COc1ccc(N(Cc2ccccc2)c2cc(NCc3ccccc3Sc3ccccc3CO)cc3ccccc23)cc1. The Bertz CT molecular complexity index is 1810. The average molecular weight is 583 g/mol. The minimum Gasteiger partial charge on any atom is -0.497 e. The standard InChI is InChI=1S/C38H34N2O2S/c1-42-34-21-19-33(20-22-34)40(26-28-11-3-2-4-12-28)36-24-32(23-29-13-5-8-16-35(29)36)39-25-30-14-6-9-17-37(30)43-38-18-10-7-15-31(38)27-41/h2-24,39,41H,25-27H2,1H3. The van der Waals surface area contributed by atoms with Crippen molar-refractivity contribution in [2.45, 2.75) is 29.5 Å². The Hall–Kier alpha value is -4.71. The predicted octanol–water partition coefficient (Wildman–Crippen LogP) is 9.44. The van der Waals surface area contributed by atoms with Crippen LogP contribution in [-0.2, 0) is 19.7 Å². The smallest absolute Gasteiger partial charge is 0.119 e. The summed E-state index contributed by atoms with van der Waals surface area (Å²) in [5.41, 5.74) is 6.65. The van der Waals surface area contributed by atoms with E-state index in [2.05, 4.69) is 119 Å². The summed E-state index contributed by atoms with van der Waals surface area (Å²) in [7, 11) is 1.70. The van der Waals surface area contributed by atoms with Crippen molar-refractivity contribution in [1.29, 1.82) is 0 Å². The van der Waals surface area contributed by atoms with E-state index in [-0.39, 0.29) is 6.61 Å². The highest BCUT2D eigenvalue weighted by Crippen LogP contribution is 2.38. The lowest BCUT2D eigenvalue weighted by Crippen LogP contribution is -2.17. The van der Waals surface area contributed by atoms with E-state index >= 15 is 0 Å². The molecule has 2 N–H and O–H groups in total. The Balaban J connectivity index is 1.35. The van der Waals surface area contributed by atoms with Crippen LogP contribution >= 0.6 is 11.8 Å². The van der Waals surface area contributed by atoms with Crippen LogP contribution in [0.1, 0.15) is 16.7 Å². The normalized spacial score (nSPS) is 10.9. The molecule has 0 spiro atoms. The van der Waals surface area contributed by atoms with Crippen LogP contribution in [-0.4, -0.2) is 12.2 Å². The first-order chi connectivity index (χ1) is 21.2. The zero-order valence-corrected chi connectivity index (χ0v) is 24.9. The van der Waals surface area contributed by atoms with Gasteiger partial charge in [-0.3, -0.25) is 0 Å². The molecule has 0 heterocycles. The number of ether oxygens (including phenoxy) is 1. The molecule has 0 saturated heterocycles. The van der Waals surface area contributed by atoms with Crippen molar-refractivity contribution in [2.24, 2.45) is 0 Å².